The van der Waals surface area contributed by atoms with Crippen LogP contribution in [0.1, 0.15) is 43.2 Å². The van der Waals surface area contributed by atoms with Gasteiger partial charge in [0.1, 0.15) is 18.8 Å². The monoisotopic (exact) mass is 533 g/mol. The average Bonchev–Trinajstić information content (AvgIpc) is 2.92. The molecule has 2 atom stereocenters. The van der Waals surface area contributed by atoms with Crippen LogP contribution in [0.3, 0.4) is 0 Å². The first-order chi connectivity index (χ1) is 17.3. The van der Waals surface area contributed by atoms with Crippen molar-refractivity contribution in [3.63, 3.8) is 0 Å². The smallest absolute Gasteiger partial charge is 0.378 e. The number of ether oxygens (including phenoxy) is 3. The molecule has 4 saturated carbocycles. The Morgan fingerprint density at radius 2 is 1.59 bits per heavy atom. The molecular formula is C26H29F6NO4. The van der Waals surface area contributed by atoms with E-state index >= 15 is 0 Å². The van der Waals surface area contributed by atoms with Crippen molar-refractivity contribution in [1.82, 2.24) is 5.32 Å². The highest BCUT2D eigenvalue weighted by atomic mass is 19.3. The minimum Gasteiger partial charge on any atom is -0.455 e. The average molecular weight is 534 g/mol. The predicted molar refractivity (Wildman–Crippen MR) is 120 cm³/mol. The first-order valence-corrected chi connectivity index (χ1v) is 12.4. The molecule has 5 fully saturated rings. The molecule has 1 N–H and O–H groups in total. The van der Waals surface area contributed by atoms with Gasteiger partial charge in [-0.1, -0.05) is 36.9 Å². The largest absolute Gasteiger partial charge is 0.455 e. The van der Waals surface area contributed by atoms with E-state index in [1.807, 2.05) is 0 Å². The molecule has 0 radical (unpaired) electrons. The van der Waals surface area contributed by atoms with Crippen molar-refractivity contribution in [3.05, 3.63) is 42.0 Å². The summed E-state index contributed by atoms with van der Waals surface area (Å²) in [6.07, 6.45) is 2.95. The zero-order valence-electron chi connectivity index (χ0n) is 20.1. The molecule has 1 saturated heterocycles. The van der Waals surface area contributed by atoms with Crippen LogP contribution in [0, 0.1) is 17.8 Å². The van der Waals surface area contributed by atoms with Crippen LogP contribution in [-0.2, 0) is 25.5 Å². The molecule has 0 amide bonds. The van der Waals surface area contributed by atoms with E-state index in [1.165, 1.54) is 0 Å². The van der Waals surface area contributed by atoms with Gasteiger partial charge in [-0.3, -0.25) is 0 Å². The summed E-state index contributed by atoms with van der Waals surface area (Å²) in [5.41, 5.74) is 0.408. The lowest BCUT2D eigenvalue weighted by Crippen LogP contribution is -2.67. The molecular weight excluding hydrogens is 504 g/mol. The number of rotatable bonds is 7. The number of halogens is 6. The number of esters is 1. The van der Waals surface area contributed by atoms with Gasteiger partial charge in [0.25, 0.3) is 0 Å². The van der Waals surface area contributed by atoms with E-state index in [1.54, 1.807) is 30.3 Å². The van der Waals surface area contributed by atoms with E-state index in [0.29, 0.717) is 19.3 Å². The minimum atomic E-state index is -4.39. The van der Waals surface area contributed by atoms with Crippen molar-refractivity contribution >= 4 is 12.0 Å². The number of alkyl halides is 6. The fraction of sp³-hybridized carbons (Fsp3) is 0.654. The summed E-state index contributed by atoms with van der Waals surface area (Å²) in [5, 5.41) is 2.58. The van der Waals surface area contributed by atoms with Gasteiger partial charge in [-0.15, -0.1) is 0 Å². The zero-order chi connectivity index (χ0) is 26.7. The van der Waals surface area contributed by atoms with E-state index in [4.69, 9.17) is 14.2 Å². The molecule has 1 heterocycles. The molecule has 1 spiro atoms. The first-order valence-electron chi connectivity index (χ1n) is 12.4. The van der Waals surface area contributed by atoms with Crippen LogP contribution >= 0.6 is 0 Å². The third-order valence-corrected chi connectivity index (χ3v) is 8.26. The summed E-state index contributed by atoms with van der Waals surface area (Å²) < 4.78 is 101. The fourth-order valence-corrected chi connectivity index (χ4v) is 6.59. The van der Waals surface area contributed by atoms with E-state index in [0.717, 1.165) is 11.1 Å². The normalized spacial score (nSPS) is 33.2. The second-order valence-electron chi connectivity index (χ2n) is 10.9. The maximum atomic E-state index is 14.7. The standard InChI is InChI=1S/C26H29F6NO4/c1-2-16-3-5-17(6-4-16)12-33-13-23(27,28)21(34)37-22-9-18-7-19(10-22)26(20(8-18)11-22)35-14-24(29,30)25(31,32)15-36-26/h2-6,18-20,33H,1,7-15H2. The van der Waals surface area contributed by atoms with Crippen LogP contribution < -0.4 is 5.32 Å². The van der Waals surface area contributed by atoms with Gasteiger partial charge < -0.3 is 19.5 Å². The van der Waals surface area contributed by atoms with Crippen LogP contribution in [-0.4, -0.2) is 54.9 Å². The molecule has 1 aromatic carbocycles. The van der Waals surface area contributed by atoms with Crippen molar-refractivity contribution in [2.24, 2.45) is 17.8 Å². The first kappa shape index (κ1) is 26.5. The Hall–Kier alpha value is -2.11. The van der Waals surface area contributed by atoms with Crippen molar-refractivity contribution in [2.75, 3.05) is 19.8 Å². The van der Waals surface area contributed by atoms with E-state index in [-0.39, 0.29) is 25.3 Å². The number of carbonyl (C=O) groups is 1. The molecule has 1 aromatic rings. The Morgan fingerprint density at radius 3 is 2.14 bits per heavy atom. The molecule has 1 aliphatic heterocycles. The molecule has 11 heteroatoms. The Kier molecular flexibility index (Phi) is 6.43. The van der Waals surface area contributed by atoms with Crippen molar-refractivity contribution in [1.29, 1.82) is 0 Å². The molecule has 5 aliphatic rings. The van der Waals surface area contributed by atoms with Gasteiger partial charge in [0, 0.05) is 18.4 Å². The van der Waals surface area contributed by atoms with Crippen molar-refractivity contribution in [3.8, 4) is 0 Å². The maximum absolute atomic E-state index is 14.7. The van der Waals surface area contributed by atoms with Crippen LogP contribution in [0.15, 0.2) is 30.8 Å². The summed E-state index contributed by atoms with van der Waals surface area (Å²) >= 11 is 0. The number of carbonyl (C=O) groups excluding carboxylic acids is 1. The fourth-order valence-electron chi connectivity index (χ4n) is 6.59. The lowest BCUT2D eigenvalue weighted by atomic mass is 9.51. The van der Waals surface area contributed by atoms with Gasteiger partial charge in [-0.2, -0.15) is 26.3 Å². The summed E-state index contributed by atoms with van der Waals surface area (Å²) in [4.78, 5) is 12.6. The molecule has 4 aliphatic carbocycles. The van der Waals surface area contributed by atoms with Crippen molar-refractivity contribution in [2.45, 2.75) is 67.8 Å². The van der Waals surface area contributed by atoms with Gasteiger partial charge in [0.2, 0.25) is 0 Å². The number of hydrogen-bond donors (Lipinski definition) is 1. The number of nitrogens with one attached hydrogen (secondary N) is 1. The Labute approximate surface area is 210 Å². The number of hydrogen-bond acceptors (Lipinski definition) is 5. The molecule has 6 rings (SSSR count). The highest BCUT2D eigenvalue weighted by molar-refractivity contribution is 5.78. The summed E-state index contributed by atoms with van der Waals surface area (Å²) in [7, 11) is 0. The second kappa shape index (κ2) is 8.98. The Balaban J connectivity index is 1.23. The van der Waals surface area contributed by atoms with Gasteiger partial charge in [0.05, 0.1) is 6.54 Å². The molecule has 4 bridgehead atoms. The lowest BCUT2D eigenvalue weighted by Gasteiger charge is -2.63. The van der Waals surface area contributed by atoms with Crippen molar-refractivity contribution < 1.29 is 45.3 Å². The lowest BCUT2D eigenvalue weighted by molar-refractivity contribution is -0.355. The molecule has 2 unspecified atom stereocenters. The van der Waals surface area contributed by atoms with Gasteiger partial charge in [0.15, 0.2) is 5.79 Å². The highest BCUT2D eigenvalue weighted by Gasteiger charge is 2.70. The summed E-state index contributed by atoms with van der Waals surface area (Å²) in [6.45, 7) is -0.153. The second-order valence-corrected chi connectivity index (χ2v) is 10.9. The maximum Gasteiger partial charge on any atom is 0.378 e. The predicted octanol–water partition coefficient (Wildman–Crippen LogP) is 5.19. The molecule has 37 heavy (non-hydrogen) atoms. The quantitative estimate of drug-likeness (QED) is 0.386. The third kappa shape index (κ3) is 4.67. The minimum absolute atomic E-state index is 0.0298. The Bertz CT molecular complexity index is 1010. The van der Waals surface area contributed by atoms with Crippen LogP contribution in [0.4, 0.5) is 26.3 Å². The topological polar surface area (TPSA) is 56.8 Å². The number of benzene rings is 1. The molecule has 204 valence electrons. The van der Waals surface area contributed by atoms with E-state index in [9.17, 15) is 31.1 Å². The summed E-state index contributed by atoms with van der Waals surface area (Å²) in [5.74, 6) is -17.2. The van der Waals surface area contributed by atoms with E-state index in [2.05, 4.69) is 11.9 Å². The Morgan fingerprint density at radius 1 is 1.03 bits per heavy atom. The SMILES string of the molecule is C=Cc1ccc(CNCC(F)(F)C(=O)OC23CC4CC(C2)C2(OCC(F)(F)C(F)(F)CO2)C(C4)C3)cc1. The third-order valence-electron chi connectivity index (χ3n) is 8.26. The van der Waals surface area contributed by atoms with E-state index < -0.39 is 66.7 Å². The highest BCUT2D eigenvalue weighted by Crippen LogP contribution is 2.64. The van der Waals surface area contributed by atoms with Crippen LogP contribution in [0.5, 0.6) is 0 Å². The summed E-state index contributed by atoms with van der Waals surface area (Å²) in [6, 6.07) is 7.10. The van der Waals surface area contributed by atoms with Gasteiger partial charge in [-0.25, -0.2) is 4.79 Å². The van der Waals surface area contributed by atoms with Gasteiger partial charge >= 0.3 is 23.7 Å². The molecule has 0 aromatic heterocycles. The van der Waals surface area contributed by atoms with Crippen LogP contribution in [0.2, 0.25) is 0 Å². The zero-order valence-corrected chi connectivity index (χ0v) is 20.1. The van der Waals surface area contributed by atoms with Crippen LogP contribution in [0.25, 0.3) is 6.08 Å². The van der Waals surface area contributed by atoms with Gasteiger partial charge in [-0.05, 0) is 49.1 Å². The molecule has 5 nitrogen and oxygen atoms in total.